The number of aromatic nitrogens is 2. The molecule has 3 fully saturated rings. The van der Waals surface area contributed by atoms with Crippen molar-refractivity contribution in [3.63, 3.8) is 0 Å². The molecule has 220 valence electrons. The number of hydrogen-bond acceptors (Lipinski definition) is 6. The van der Waals surface area contributed by atoms with Gasteiger partial charge in [-0.05, 0) is 67.9 Å². The van der Waals surface area contributed by atoms with Gasteiger partial charge in [-0.15, -0.1) is 36.2 Å². The first kappa shape index (κ1) is 31.4. The van der Waals surface area contributed by atoms with Gasteiger partial charge in [-0.1, -0.05) is 12.1 Å². The van der Waals surface area contributed by atoms with Gasteiger partial charge in [0.05, 0.1) is 22.4 Å². The molecule has 3 aromatic rings. The van der Waals surface area contributed by atoms with E-state index in [1.54, 1.807) is 23.2 Å². The third kappa shape index (κ3) is 7.07. The van der Waals surface area contributed by atoms with Crippen LogP contribution in [-0.2, 0) is 21.1 Å². The number of ether oxygens (including phenoxy) is 1. The van der Waals surface area contributed by atoms with Crippen LogP contribution in [0.15, 0.2) is 47.5 Å². The largest absolute Gasteiger partial charge is 0.381 e. The summed E-state index contributed by atoms with van der Waals surface area (Å²) in [7, 11) is -3.22. The highest BCUT2D eigenvalue weighted by Crippen LogP contribution is 2.38. The second-order valence-electron chi connectivity index (χ2n) is 10.9. The van der Waals surface area contributed by atoms with E-state index >= 15 is 0 Å². The number of thiazole rings is 1. The van der Waals surface area contributed by atoms with Gasteiger partial charge < -0.3 is 9.72 Å². The van der Waals surface area contributed by atoms with E-state index in [2.05, 4.69) is 16.0 Å². The average molecular weight is 635 g/mol. The van der Waals surface area contributed by atoms with Crippen molar-refractivity contribution in [2.75, 3.05) is 26.3 Å². The zero-order valence-corrected chi connectivity index (χ0v) is 25.3. The molecule has 0 spiro atoms. The maximum atomic E-state index is 13.6. The van der Waals surface area contributed by atoms with Crippen LogP contribution >= 0.6 is 36.2 Å². The predicted molar refractivity (Wildman–Crippen MR) is 158 cm³/mol. The zero-order valence-electron chi connectivity index (χ0n) is 22.1. The molecule has 40 heavy (non-hydrogen) atoms. The van der Waals surface area contributed by atoms with Crippen molar-refractivity contribution in [1.82, 2.24) is 14.9 Å². The molecule has 4 heterocycles. The molecule has 6 nitrogen and oxygen atoms in total. The molecule has 3 aliphatic rings. The van der Waals surface area contributed by atoms with Crippen molar-refractivity contribution in [2.45, 2.75) is 67.1 Å². The standard InChI is InChI=1S/C28H33F2N3O3S2.2ClH/c29-28(30)11-12-33(18-28)17-21-16-31-27(37-21)26-8-7-25(32-26)24(15-19-9-13-36-14-10-19)20-1-3-22(4-2-20)38(34,35)23-5-6-23;;/h1-4,7-8,16,19,23-24,32H,5-6,9-15,17-18H2;2*1H. The van der Waals surface area contributed by atoms with E-state index in [0.29, 0.717) is 23.9 Å². The predicted octanol–water partition coefficient (Wildman–Crippen LogP) is 6.71. The molecule has 0 bridgehead atoms. The molecule has 0 amide bonds. The molecule has 1 N–H and O–H groups in total. The number of sulfone groups is 1. The molecule has 1 atom stereocenters. The SMILES string of the molecule is Cl.Cl.O=S(=O)(c1ccc(C(CC2CCOCC2)c2ccc(-c3ncc(CN4CCC(F)(F)C4)s3)[nH]2)cc1)C1CC1. The van der Waals surface area contributed by atoms with Crippen LogP contribution in [0.5, 0.6) is 0 Å². The van der Waals surface area contributed by atoms with Crippen LogP contribution in [0.2, 0.25) is 0 Å². The number of rotatable bonds is 9. The van der Waals surface area contributed by atoms with Gasteiger partial charge >= 0.3 is 0 Å². The van der Waals surface area contributed by atoms with Crippen molar-refractivity contribution in [3.05, 3.63) is 58.7 Å². The lowest BCUT2D eigenvalue weighted by Gasteiger charge is -2.27. The van der Waals surface area contributed by atoms with E-state index in [-0.39, 0.29) is 48.9 Å². The molecule has 6 rings (SSSR count). The van der Waals surface area contributed by atoms with Crippen LogP contribution in [-0.4, -0.2) is 60.8 Å². The Morgan fingerprint density at radius 3 is 2.45 bits per heavy atom. The van der Waals surface area contributed by atoms with E-state index in [0.717, 1.165) is 72.2 Å². The fraction of sp³-hybridized carbons (Fsp3) is 0.536. The first-order valence-electron chi connectivity index (χ1n) is 13.4. The number of halogens is 4. The highest BCUT2D eigenvalue weighted by Gasteiger charge is 2.38. The summed E-state index contributed by atoms with van der Waals surface area (Å²) in [6.45, 7) is 2.25. The Morgan fingerprint density at radius 2 is 1.80 bits per heavy atom. The molecule has 2 aromatic heterocycles. The van der Waals surface area contributed by atoms with Crippen LogP contribution in [0.1, 0.15) is 60.6 Å². The first-order chi connectivity index (χ1) is 18.3. The number of alkyl halides is 2. The van der Waals surface area contributed by atoms with Crippen LogP contribution in [0.3, 0.4) is 0 Å². The molecule has 1 saturated carbocycles. The van der Waals surface area contributed by atoms with Gasteiger partial charge in [0.1, 0.15) is 5.01 Å². The minimum Gasteiger partial charge on any atom is -0.381 e. The van der Waals surface area contributed by atoms with Gasteiger partial charge in [0.2, 0.25) is 0 Å². The molecular weight excluding hydrogens is 599 g/mol. The summed E-state index contributed by atoms with van der Waals surface area (Å²) in [5.74, 6) is -1.97. The Kier molecular flexibility index (Phi) is 10.0. The van der Waals surface area contributed by atoms with Gasteiger partial charge in [0, 0.05) is 55.4 Å². The highest BCUT2D eigenvalue weighted by atomic mass is 35.5. The van der Waals surface area contributed by atoms with E-state index in [1.807, 2.05) is 18.2 Å². The monoisotopic (exact) mass is 633 g/mol. The lowest BCUT2D eigenvalue weighted by atomic mass is 9.83. The number of hydrogen-bond donors (Lipinski definition) is 1. The summed E-state index contributed by atoms with van der Waals surface area (Å²) < 4.78 is 58.1. The van der Waals surface area contributed by atoms with Crippen molar-refractivity contribution < 1.29 is 21.9 Å². The normalized spacial score (nSPS) is 20.6. The van der Waals surface area contributed by atoms with E-state index in [9.17, 15) is 17.2 Å². The molecule has 1 aromatic carbocycles. The maximum absolute atomic E-state index is 13.6. The fourth-order valence-electron chi connectivity index (χ4n) is 5.63. The Hall–Kier alpha value is -1.56. The Balaban J connectivity index is 0.00000185. The summed E-state index contributed by atoms with van der Waals surface area (Å²) in [6, 6.07) is 11.6. The summed E-state index contributed by atoms with van der Waals surface area (Å²) in [5.41, 5.74) is 3.07. The number of nitrogens with zero attached hydrogens (tertiary/aromatic N) is 2. The van der Waals surface area contributed by atoms with Crippen LogP contribution in [0.25, 0.3) is 10.7 Å². The third-order valence-electron chi connectivity index (χ3n) is 7.98. The quantitative estimate of drug-likeness (QED) is 0.283. The van der Waals surface area contributed by atoms with Crippen molar-refractivity contribution >= 4 is 46.0 Å². The van der Waals surface area contributed by atoms with Gasteiger partial charge in [0.25, 0.3) is 5.92 Å². The minimum absolute atomic E-state index is 0. The maximum Gasteiger partial charge on any atom is 0.261 e. The van der Waals surface area contributed by atoms with Gasteiger partial charge in [-0.2, -0.15) is 0 Å². The number of benzene rings is 1. The minimum atomic E-state index is -3.22. The van der Waals surface area contributed by atoms with Gasteiger partial charge in [-0.25, -0.2) is 22.2 Å². The second-order valence-corrected chi connectivity index (χ2v) is 14.3. The van der Waals surface area contributed by atoms with E-state index < -0.39 is 15.8 Å². The molecule has 1 aliphatic carbocycles. The Labute approximate surface area is 250 Å². The van der Waals surface area contributed by atoms with Gasteiger partial charge in [0.15, 0.2) is 9.84 Å². The molecule has 12 heteroatoms. The van der Waals surface area contributed by atoms with Crippen LogP contribution in [0, 0.1) is 5.92 Å². The Morgan fingerprint density at radius 1 is 1.07 bits per heavy atom. The molecule has 0 radical (unpaired) electrons. The summed E-state index contributed by atoms with van der Waals surface area (Å²) in [5, 5.41) is 0.621. The molecule has 2 saturated heterocycles. The zero-order chi connectivity index (χ0) is 26.3. The van der Waals surface area contributed by atoms with E-state index in [1.165, 1.54) is 11.3 Å². The molecular formula is C28H35Cl2F2N3O3S2. The number of nitrogens with one attached hydrogen (secondary N) is 1. The summed E-state index contributed by atoms with van der Waals surface area (Å²) >= 11 is 1.53. The number of H-pyrrole nitrogens is 1. The average Bonchev–Trinajstić information content (AvgIpc) is 3.33. The lowest BCUT2D eigenvalue weighted by Crippen LogP contribution is -2.24. The first-order valence-corrected chi connectivity index (χ1v) is 15.8. The fourth-order valence-corrected chi connectivity index (χ4v) is 8.22. The topological polar surface area (TPSA) is 75.3 Å². The summed E-state index contributed by atoms with van der Waals surface area (Å²) in [4.78, 5) is 11.3. The number of aromatic amines is 1. The number of likely N-dealkylation sites (tertiary alicyclic amines) is 1. The molecule has 2 aliphatic heterocycles. The Bertz CT molecular complexity index is 1370. The highest BCUT2D eigenvalue weighted by molar-refractivity contribution is 7.92. The molecule has 1 unspecified atom stereocenters. The summed E-state index contributed by atoms with van der Waals surface area (Å²) in [6.07, 6.45) is 6.20. The second kappa shape index (κ2) is 12.8. The van der Waals surface area contributed by atoms with Crippen molar-refractivity contribution in [2.24, 2.45) is 5.92 Å². The third-order valence-corrected chi connectivity index (χ3v) is 11.3. The van der Waals surface area contributed by atoms with Crippen molar-refractivity contribution in [1.29, 1.82) is 0 Å². The van der Waals surface area contributed by atoms with Crippen molar-refractivity contribution in [3.8, 4) is 10.7 Å². The lowest BCUT2D eigenvalue weighted by molar-refractivity contribution is 0.0116. The van der Waals surface area contributed by atoms with Crippen LogP contribution in [0.4, 0.5) is 8.78 Å². The van der Waals surface area contributed by atoms with Gasteiger partial charge in [-0.3, -0.25) is 4.90 Å². The smallest absolute Gasteiger partial charge is 0.261 e. The van der Waals surface area contributed by atoms with E-state index in [4.69, 9.17) is 4.74 Å². The van der Waals surface area contributed by atoms with Crippen LogP contribution < -0.4 is 0 Å².